The lowest BCUT2D eigenvalue weighted by atomic mass is 10.2. The van der Waals surface area contributed by atoms with Crippen molar-refractivity contribution in [2.24, 2.45) is 0 Å². The number of thiophene rings is 1. The second-order valence-corrected chi connectivity index (χ2v) is 3.76. The molecule has 0 saturated carbocycles. The van der Waals surface area contributed by atoms with Crippen molar-refractivity contribution >= 4 is 27.1 Å². The van der Waals surface area contributed by atoms with Gasteiger partial charge in [0.05, 0.1) is 15.7 Å². The van der Waals surface area contributed by atoms with Crippen LogP contribution in [0.4, 0.5) is 5.69 Å². The largest absolute Gasteiger partial charge is 0.506 e. The Bertz CT molecular complexity index is 519. The van der Waals surface area contributed by atoms with Crippen LogP contribution >= 0.6 is 11.3 Å². The lowest BCUT2D eigenvalue weighted by Gasteiger charge is -1.94. The molecule has 72 valence electrons. The van der Waals surface area contributed by atoms with E-state index in [4.69, 9.17) is 5.11 Å². The molecule has 2 aromatic rings. The van der Waals surface area contributed by atoms with Crippen molar-refractivity contribution < 1.29 is 15.1 Å². The molecule has 6 heteroatoms. The first kappa shape index (κ1) is 8.76. The van der Waals surface area contributed by atoms with Crippen molar-refractivity contribution in [3.05, 3.63) is 28.3 Å². The summed E-state index contributed by atoms with van der Waals surface area (Å²) in [7, 11) is 0. The molecule has 0 amide bonds. The molecular formula is C8H5NO4S. The number of non-ortho nitro benzene ring substituents is 1. The Labute approximate surface area is 82.0 Å². The average molecular weight is 211 g/mol. The molecule has 14 heavy (non-hydrogen) atoms. The lowest BCUT2D eigenvalue weighted by molar-refractivity contribution is -0.384. The van der Waals surface area contributed by atoms with E-state index in [1.807, 2.05) is 0 Å². The van der Waals surface area contributed by atoms with Gasteiger partial charge < -0.3 is 10.2 Å². The first-order valence-corrected chi connectivity index (χ1v) is 4.49. The Morgan fingerprint density at radius 1 is 1.29 bits per heavy atom. The zero-order chi connectivity index (χ0) is 10.3. The number of nitro benzene ring substituents is 1. The van der Waals surface area contributed by atoms with E-state index in [9.17, 15) is 15.2 Å². The predicted molar refractivity (Wildman–Crippen MR) is 51.8 cm³/mol. The number of hydrogen-bond acceptors (Lipinski definition) is 5. The summed E-state index contributed by atoms with van der Waals surface area (Å²) in [6.45, 7) is 0. The molecule has 2 N–H and O–H groups in total. The van der Waals surface area contributed by atoms with E-state index in [-0.39, 0.29) is 16.5 Å². The monoisotopic (exact) mass is 211 g/mol. The second kappa shape index (κ2) is 2.85. The summed E-state index contributed by atoms with van der Waals surface area (Å²) in [5, 5.41) is 29.5. The fourth-order valence-electron chi connectivity index (χ4n) is 1.21. The quantitative estimate of drug-likeness (QED) is 0.559. The van der Waals surface area contributed by atoms with Crippen LogP contribution in [0, 0.1) is 10.1 Å². The summed E-state index contributed by atoms with van der Waals surface area (Å²) in [6, 6.07) is 3.76. The molecule has 0 unspecified atom stereocenters. The molecule has 0 aliphatic heterocycles. The van der Waals surface area contributed by atoms with E-state index >= 15 is 0 Å². The molecule has 0 fully saturated rings. The molecule has 0 atom stereocenters. The molecule has 0 radical (unpaired) electrons. The minimum atomic E-state index is -0.589. The number of nitro groups is 1. The van der Waals surface area contributed by atoms with Crippen molar-refractivity contribution in [1.29, 1.82) is 0 Å². The maximum atomic E-state index is 10.4. The molecule has 2 rings (SSSR count). The van der Waals surface area contributed by atoms with Gasteiger partial charge in [-0.05, 0) is 6.07 Å². The van der Waals surface area contributed by atoms with E-state index in [1.165, 1.54) is 12.1 Å². The van der Waals surface area contributed by atoms with Crippen molar-refractivity contribution in [2.75, 3.05) is 0 Å². The molecule has 1 aromatic carbocycles. The van der Waals surface area contributed by atoms with Gasteiger partial charge in [-0.3, -0.25) is 10.1 Å². The van der Waals surface area contributed by atoms with Gasteiger partial charge in [0.1, 0.15) is 5.75 Å². The van der Waals surface area contributed by atoms with E-state index in [2.05, 4.69) is 0 Å². The number of hydrogen-bond donors (Lipinski definition) is 2. The summed E-state index contributed by atoms with van der Waals surface area (Å²) >= 11 is 0.982. The smallest absolute Gasteiger partial charge is 0.273 e. The molecular weight excluding hydrogens is 206 g/mol. The highest BCUT2D eigenvalue weighted by atomic mass is 32.1. The molecule has 0 aliphatic rings. The standard InChI is InChI=1S/C8H5NO4S/c10-6-3-5(9(12)13)1-4-2-7(11)14-8(4)6/h1-3,10-11H. The van der Waals surface area contributed by atoms with Gasteiger partial charge in [0.15, 0.2) is 5.06 Å². The Hall–Kier alpha value is -1.82. The van der Waals surface area contributed by atoms with Crippen LogP contribution in [0.1, 0.15) is 0 Å². The van der Waals surface area contributed by atoms with Crippen molar-refractivity contribution in [3.8, 4) is 10.8 Å². The van der Waals surface area contributed by atoms with Gasteiger partial charge in [-0.25, -0.2) is 0 Å². The van der Waals surface area contributed by atoms with Crippen molar-refractivity contribution in [3.63, 3.8) is 0 Å². The minimum absolute atomic E-state index is 0.0239. The van der Waals surface area contributed by atoms with Crippen molar-refractivity contribution in [1.82, 2.24) is 0 Å². The fraction of sp³-hybridized carbons (Fsp3) is 0. The van der Waals surface area contributed by atoms with Crippen LogP contribution in [0.15, 0.2) is 18.2 Å². The Morgan fingerprint density at radius 2 is 2.00 bits per heavy atom. The van der Waals surface area contributed by atoms with Gasteiger partial charge in [0.25, 0.3) is 5.69 Å². The number of fused-ring (bicyclic) bond motifs is 1. The molecule has 1 aromatic heterocycles. The molecule has 0 bridgehead atoms. The lowest BCUT2D eigenvalue weighted by Crippen LogP contribution is -1.86. The highest BCUT2D eigenvalue weighted by Crippen LogP contribution is 2.39. The van der Waals surface area contributed by atoms with E-state index in [1.54, 1.807) is 0 Å². The zero-order valence-corrected chi connectivity index (χ0v) is 7.61. The average Bonchev–Trinajstić information content (AvgIpc) is 2.45. The highest BCUT2D eigenvalue weighted by molar-refractivity contribution is 7.21. The number of nitrogens with zero attached hydrogens (tertiary/aromatic N) is 1. The van der Waals surface area contributed by atoms with Crippen molar-refractivity contribution in [2.45, 2.75) is 0 Å². The summed E-state index contributed by atoms with van der Waals surface area (Å²) in [4.78, 5) is 9.85. The van der Waals surface area contributed by atoms with E-state index in [0.717, 1.165) is 17.4 Å². The Balaban J connectivity index is 2.77. The third-order valence-corrected chi connectivity index (χ3v) is 2.76. The van der Waals surface area contributed by atoms with E-state index < -0.39 is 4.92 Å². The Kier molecular flexibility index (Phi) is 1.78. The van der Waals surface area contributed by atoms with E-state index in [0.29, 0.717) is 10.1 Å². The van der Waals surface area contributed by atoms with Gasteiger partial charge in [-0.1, -0.05) is 11.3 Å². The number of phenols is 1. The van der Waals surface area contributed by atoms with Crippen LogP contribution in [0.3, 0.4) is 0 Å². The number of rotatable bonds is 1. The van der Waals surface area contributed by atoms with Gasteiger partial charge >= 0.3 is 0 Å². The fourth-order valence-corrected chi connectivity index (χ4v) is 2.01. The molecule has 0 saturated heterocycles. The van der Waals surface area contributed by atoms with Gasteiger partial charge in [0, 0.05) is 11.5 Å². The van der Waals surface area contributed by atoms with Crippen LogP contribution < -0.4 is 0 Å². The summed E-state index contributed by atoms with van der Waals surface area (Å²) < 4.78 is 0.452. The predicted octanol–water partition coefficient (Wildman–Crippen LogP) is 2.22. The van der Waals surface area contributed by atoms with Gasteiger partial charge in [0.2, 0.25) is 0 Å². The summed E-state index contributed by atoms with van der Waals surface area (Å²) in [5.41, 5.74) is -0.187. The van der Waals surface area contributed by atoms with Crippen LogP contribution in [-0.4, -0.2) is 15.1 Å². The first-order valence-electron chi connectivity index (χ1n) is 3.68. The normalized spacial score (nSPS) is 10.6. The number of phenolic OH excluding ortho intramolecular Hbond substituents is 1. The minimum Gasteiger partial charge on any atom is -0.506 e. The van der Waals surface area contributed by atoms with Crippen LogP contribution in [0.5, 0.6) is 10.8 Å². The summed E-state index contributed by atoms with van der Waals surface area (Å²) in [6.07, 6.45) is 0. The molecule has 1 heterocycles. The van der Waals surface area contributed by atoms with Crippen LogP contribution in [0.2, 0.25) is 0 Å². The molecule has 0 spiro atoms. The number of benzene rings is 1. The summed E-state index contributed by atoms with van der Waals surface area (Å²) in [5.74, 6) is -0.181. The second-order valence-electron chi connectivity index (χ2n) is 2.72. The first-order chi connectivity index (χ1) is 6.58. The highest BCUT2D eigenvalue weighted by Gasteiger charge is 2.13. The van der Waals surface area contributed by atoms with Gasteiger partial charge in [-0.2, -0.15) is 0 Å². The van der Waals surface area contributed by atoms with Crippen LogP contribution in [-0.2, 0) is 0 Å². The maximum absolute atomic E-state index is 10.4. The number of aromatic hydroxyl groups is 2. The molecule has 0 aliphatic carbocycles. The zero-order valence-electron chi connectivity index (χ0n) is 6.80. The third kappa shape index (κ3) is 1.25. The Morgan fingerprint density at radius 3 is 2.64 bits per heavy atom. The molecule has 5 nitrogen and oxygen atoms in total. The third-order valence-electron chi connectivity index (χ3n) is 1.78. The van der Waals surface area contributed by atoms with Crippen LogP contribution in [0.25, 0.3) is 10.1 Å². The van der Waals surface area contributed by atoms with Gasteiger partial charge in [-0.15, -0.1) is 0 Å². The topological polar surface area (TPSA) is 83.6 Å². The maximum Gasteiger partial charge on any atom is 0.273 e. The SMILES string of the molecule is O=[N+]([O-])c1cc(O)c2sc(O)cc2c1.